The van der Waals surface area contributed by atoms with E-state index >= 15 is 0 Å². The number of nitro groups is 1. The Balaban J connectivity index is 1.78. The van der Waals surface area contributed by atoms with Gasteiger partial charge < -0.3 is 4.57 Å². The fourth-order valence-corrected chi connectivity index (χ4v) is 3.79. The number of non-ortho nitro benzene ring substituents is 1. The predicted molar refractivity (Wildman–Crippen MR) is 94.7 cm³/mol. The minimum absolute atomic E-state index is 0.0543. The maximum absolute atomic E-state index is 11.2. The van der Waals surface area contributed by atoms with E-state index in [-0.39, 0.29) is 10.6 Å². The SMILES string of the molecule is C=CCn1c(Sc2ccc([N+](=O)[O-])c3cnccc23)nnc1C1CC1. The number of hydrogen-bond acceptors (Lipinski definition) is 6. The highest BCUT2D eigenvalue weighted by molar-refractivity contribution is 7.99. The molecule has 126 valence electrons. The molecule has 2 aromatic heterocycles. The Kier molecular flexibility index (Phi) is 3.96. The van der Waals surface area contributed by atoms with Gasteiger partial charge in [0.2, 0.25) is 0 Å². The Morgan fingerprint density at radius 2 is 2.16 bits per heavy atom. The molecule has 4 rings (SSSR count). The van der Waals surface area contributed by atoms with Crippen LogP contribution in [0.5, 0.6) is 0 Å². The van der Waals surface area contributed by atoms with Crippen molar-refractivity contribution in [3.63, 3.8) is 0 Å². The lowest BCUT2D eigenvalue weighted by Gasteiger charge is -2.09. The largest absolute Gasteiger partial charge is 0.302 e. The van der Waals surface area contributed by atoms with E-state index in [1.807, 2.05) is 6.08 Å². The third kappa shape index (κ3) is 2.89. The minimum atomic E-state index is -0.385. The molecule has 1 fully saturated rings. The van der Waals surface area contributed by atoms with Crippen LogP contribution in [0, 0.1) is 10.1 Å². The average Bonchev–Trinajstić information content (AvgIpc) is 3.38. The van der Waals surface area contributed by atoms with Crippen molar-refractivity contribution in [3.05, 3.63) is 59.2 Å². The van der Waals surface area contributed by atoms with Gasteiger partial charge in [-0.05, 0) is 36.7 Å². The maximum Gasteiger partial charge on any atom is 0.278 e. The van der Waals surface area contributed by atoms with Crippen molar-refractivity contribution in [2.75, 3.05) is 0 Å². The van der Waals surface area contributed by atoms with Crippen molar-refractivity contribution in [3.8, 4) is 0 Å². The van der Waals surface area contributed by atoms with Crippen molar-refractivity contribution in [1.82, 2.24) is 19.7 Å². The van der Waals surface area contributed by atoms with Crippen molar-refractivity contribution in [2.24, 2.45) is 0 Å². The van der Waals surface area contributed by atoms with Crippen molar-refractivity contribution < 1.29 is 4.92 Å². The van der Waals surface area contributed by atoms with E-state index in [0.29, 0.717) is 17.8 Å². The summed E-state index contributed by atoms with van der Waals surface area (Å²) < 4.78 is 2.07. The molecule has 0 atom stereocenters. The standard InChI is InChI=1S/C17H15N5O2S/c1-2-9-21-16(11-3-4-11)19-20-17(21)25-15-6-5-14(22(23)24)13-10-18-8-7-12(13)15/h2,5-8,10-11H,1,3-4,9H2. The highest BCUT2D eigenvalue weighted by atomic mass is 32.2. The van der Waals surface area contributed by atoms with E-state index in [9.17, 15) is 10.1 Å². The summed E-state index contributed by atoms with van der Waals surface area (Å²) in [6, 6.07) is 5.07. The van der Waals surface area contributed by atoms with Crippen LogP contribution in [-0.4, -0.2) is 24.7 Å². The summed E-state index contributed by atoms with van der Waals surface area (Å²) in [5, 5.41) is 22.0. The number of fused-ring (bicyclic) bond motifs is 1. The zero-order chi connectivity index (χ0) is 17.4. The topological polar surface area (TPSA) is 86.7 Å². The molecule has 1 saturated carbocycles. The molecule has 0 unspecified atom stereocenters. The Morgan fingerprint density at radius 1 is 1.32 bits per heavy atom. The summed E-state index contributed by atoms with van der Waals surface area (Å²) in [7, 11) is 0. The molecule has 0 saturated heterocycles. The van der Waals surface area contributed by atoms with Crippen LogP contribution in [0.3, 0.4) is 0 Å². The Bertz CT molecular complexity index is 980. The molecule has 1 aliphatic carbocycles. The Labute approximate surface area is 147 Å². The van der Waals surface area contributed by atoms with Gasteiger partial charge in [0, 0.05) is 41.2 Å². The molecule has 1 aliphatic rings. The van der Waals surface area contributed by atoms with Gasteiger partial charge in [0.25, 0.3) is 5.69 Å². The first-order valence-electron chi connectivity index (χ1n) is 7.92. The number of nitrogens with zero attached hydrogens (tertiary/aromatic N) is 5. The summed E-state index contributed by atoms with van der Waals surface area (Å²) >= 11 is 1.46. The molecule has 1 aromatic carbocycles. The first-order valence-corrected chi connectivity index (χ1v) is 8.73. The van der Waals surface area contributed by atoms with E-state index in [1.165, 1.54) is 24.0 Å². The minimum Gasteiger partial charge on any atom is -0.302 e. The molecule has 3 aromatic rings. The van der Waals surface area contributed by atoms with Crippen molar-refractivity contribution in [2.45, 2.75) is 35.4 Å². The molecule has 0 aliphatic heterocycles. The third-order valence-corrected chi connectivity index (χ3v) is 5.21. The number of aromatic nitrogens is 4. The van der Waals surface area contributed by atoms with Gasteiger partial charge in [0.1, 0.15) is 5.82 Å². The van der Waals surface area contributed by atoms with Gasteiger partial charge in [-0.2, -0.15) is 0 Å². The van der Waals surface area contributed by atoms with Crippen LogP contribution in [0.4, 0.5) is 5.69 Å². The average molecular weight is 353 g/mol. The van der Waals surface area contributed by atoms with E-state index in [4.69, 9.17) is 0 Å². The van der Waals surface area contributed by atoms with Crippen LogP contribution in [0.1, 0.15) is 24.6 Å². The maximum atomic E-state index is 11.2. The highest BCUT2D eigenvalue weighted by Gasteiger charge is 2.30. The van der Waals surface area contributed by atoms with Crippen LogP contribution in [0.2, 0.25) is 0 Å². The number of rotatable bonds is 6. The molecular weight excluding hydrogens is 338 g/mol. The van der Waals surface area contributed by atoms with Crippen LogP contribution in [0.25, 0.3) is 10.8 Å². The van der Waals surface area contributed by atoms with Gasteiger partial charge in [-0.25, -0.2) is 0 Å². The fourth-order valence-electron chi connectivity index (χ4n) is 2.81. The molecule has 0 radical (unpaired) electrons. The zero-order valence-corrected chi connectivity index (χ0v) is 14.1. The molecule has 7 nitrogen and oxygen atoms in total. The van der Waals surface area contributed by atoms with Gasteiger partial charge in [-0.15, -0.1) is 16.8 Å². The third-order valence-electron chi connectivity index (χ3n) is 4.15. The Hall–Kier alpha value is -2.74. The Morgan fingerprint density at radius 3 is 2.88 bits per heavy atom. The lowest BCUT2D eigenvalue weighted by molar-refractivity contribution is -0.383. The molecule has 2 heterocycles. The first kappa shape index (κ1) is 15.8. The lowest BCUT2D eigenvalue weighted by Crippen LogP contribution is -2.02. The second kappa shape index (κ2) is 6.29. The summed E-state index contributed by atoms with van der Waals surface area (Å²) in [5.74, 6) is 1.48. The summed E-state index contributed by atoms with van der Waals surface area (Å²) in [4.78, 5) is 15.8. The summed E-state index contributed by atoms with van der Waals surface area (Å²) in [6.07, 6.45) is 7.29. The lowest BCUT2D eigenvalue weighted by atomic mass is 10.1. The second-order valence-corrected chi connectivity index (χ2v) is 6.89. The highest BCUT2D eigenvalue weighted by Crippen LogP contribution is 2.42. The van der Waals surface area contributed by atoms with Gasteiger partial charge in [0.05, 0.1) is 10.3 Å². The second-order valence-electron chi connectivity index (χ2n) is 5.88. The molecule has 8 heteroatoms. The van der Waals surface area contributed by atoms with E-state index in [2.05, 4.69) is 26.3 Å². The normalized spacial score (nSPS) is 13.9. The smallest absolute Gasteiger partial charge is 0.278 e. The molecule has 25 heavy (non-hydrogen) atoms. The van der Waals surface area contributed by atoms with Gasteiger partial charge >= 0.3 is 0 Å². The van der Waals surface area contributed by atoms with Crippen molar-refractivity contribution >= 4 is 28.2 Å². The van der Waals surface area contributed by atoms with E-state index in [1.54, 1.807) is 18.3 Å². The fraction of sp³-hybridized carbons (Fsp3) is 0.235. The van der Waals surface area contributed by atoms with Gasteiger partial charge in [-0.3, -0.25) is 15.1 Å². The molecule has 0 spiro atoms. The summed E-state index contributed by atoms with van der Waals surface area (Å²) in [5.41, 5.74) is 0.0543. The summed E-state index contributed by atoms with van der Waals surface area (Å²) in [6.45, 7) is 4.46. The number of allylic oxidation sites excluding steroid dienone is 1. The van der Waals surface area contributed by atoms with Gasteiger partial charge in [0.15, 0.2) is 5.16 Å². The van der Waals surface area contributed by atoms with E-state index in [0.717, 1.165) is 34.1 Å². The number of pyridine rings is 1. The van der Waals surface area contributed by atoms with Crippen molar-refractivity contribution in [1.29, 1.82) is 0 Å². The van der Waals surface area contributed by atoms with E-state index < -0.39 is 0 Å². The monoisotopic (exact) mass is 353 g/mol. The number of hydrogen-bond donors (Lipinski definition) is 0. The predicted octanol–water partition coefficient (Wildman–Crippen LogP) is 3.95. The van der Waals surface area contributed by atoms with Crippen LogP contribution >= 0.6 is 11.8 Å². The quantitative estimate of drug-likeness (QED) is 0.379. The number of benzene rings is 1. The van der Waals surface area contributed by atoms with Crippen LogP contribution in [-0.2, 0) is 6.54 Å². The molecular formula is C17H15N5O2S. The van der Waals surface area contributed by atoms with Crippen LogP contribution in [0.15, 0.2) is 53.3 Å². The molecule has 0 bridgehead atoms. The number of nitro benzene ring substituents is 1. The first-order chi connectivity index (χ1) is 12.2. The molecule has 0 amide bonds. The zero-order valence-electron chi connectivity index (χ0n) is 13.3. The van der Waals surface area contributed by atoms with Gasteiger partial charge in [-0.1, -0.05) is 6.08 Å². The molecule has 0 N–H and O–H groups in total. The van der Waals surface area contributed by atoms with Crippen LogP contribution < -0.4 is 0 Å².